The predicted octanol–water partition coefficient (Wildman–Crippen LogP) is -1.09. The van der Waals surface area contributed by atoms with E-state index in [0.717, 1.165) is 0 Å². The van der Waals surface area contributed by atoms with E-state index in [1.807, 2.05) is 0 Å². The van der Waals surface area contributed by atoms with Crippen LogP contribution < -0.4 is 5.32 Å². The van der Waals surface area contributed by atoms with Crippen LogP contribution in [0.25, 0.3) is 0 Å². The molecule has 1 aliphatic rings. The lowest BCUT2D eigenvalue weighted by Gasteiger charge is -2.10. The highest BCUT2D eigenvalue weighted by molar-refractivity contribution is 5.85. The molecule has 1 amide bonds. The molecule has 1 aliphatic heterocycles. The van der Waals surface area contributed by atoms with Crippen molar-refractivity contribution in [2.75, 3.05) is 13.7 Å². The van der Waals surface area contributed by atoms with Crippen molar-refractivity contribution < 1.29 is 29.0 Å². The molecule has 90 valence electrons. The number of hydrogen-bond donors (Lipinski definition) is 2. The van der Waals surface area contributed by atoms with Crippen molar-refractivity contribution in [3.63, 3.8) is 0 Å². The summed E-state index contributed by atoms with van der Waals surface area (Å²) in [4.78, 5) is 32.7. The van der Waals surface area contributed by atoms with E-state index >= 15 is 0 Å². The summed E-state index contributed by atoms with van der Waals surface area (Å²) in [5.41, 5.74) is 0. The second kappa shape index (κ2) is 5.45. The smallest absolute Gasteiger partial charge is 0.332 e. The molecule has 0 spiro atoms. The fraction of sp³-hybridized carbons (Fsp3) is 0.667. The van der Waals surface area contributed by atoms with Crippen molar-refractivity contribution in [3.05, 3.63) is 0 Å². The van der Waals surface area contributed by atoms with E-state index in [4.69, 9.17) is 9.84 Å². The monoisotopic (exact) mass is 231 g/mol. The average molecular weight is 231 g/mol. The van der Waals surface area contributed by atoms with Crippen LogP contribution in [0.5, 0.6) is 0 Å². The second-order valence-electron chi connectivity index (χ2n) is 3.32. The average Bonchev–Trinajstić information content (AvgIpc) is 2.74. The van der Waals surface area contributed by atoms with Crippen LogP contribution in [0.1, 0.15) is 12.8 Å². The summed E-state index contributed by atoms with van der Waals surface area (Å²) < 4.78 is 9.32. The molecular weight excluding hydrogens is 218 g/mol. The second-order valence-corrected chi connectivity index (χ2v) is 3.32. The van der Waals surface area contributed by atoms with Crippen LogP contribution in [0, 0.1) is 0 Å². The number of carboxylic acids is 1. The largest absolute Gasteiger partial charge is 0.479 e. The van der Waals surface area contributed by atoms with Gasteiger partial charge in [0, 0.05) is 0 Å². The summed E-state index contributed by atoms with van der Waals surface area (Å²) in [5, 5.41) is 10.9. The Balaban J connectivity index is 2.34. The van der Waals surface area contributed by atoms with E-state index in [1.54, 1.807) is 0 Å². The number of aliphatic carboxylic acids is 1. The van der Waals surface area contributed by atoms with Gasteiger partial charge in [0.05, 0.1) is 7.11 Å². The summed E-state index contributed by atoms with van der Waals surface area (Å²) in [6, 6.07) is 0. The van der Waals surface area contributed by atoms with Gasteiger partial charge in [-0.2, -0.15) is 0 Å². The molecule has 0 aromatic rings. The molecule has 2 atom stereocenters. The topological polar surface area (TPSA) is 102 Å². The number of carbonyl (C=O) groups is 3. The number of hydrogen-bond acceptors (Lipinski definition) is 5. The summed E-state index contributed by atoms with van der Waals surface area (Å²) in [7, 11) is 1.21. The van der Waals surface area contributed by atoms with E-state index in [2.05, 4.69) is 10.1 Å². The van der Waals surface area contributed by atoms with Crippen LogP contribution in [0.2, 0.25) is 0 Å². The molecule has 7 nitrogen and oxygen atoms in total. The van der Waals surface area contributed by atoms with Gasteiger partial charge in [-0.05, 0) is 12.8 Å². The van der Waals surface area contributed by atoms with Crippen LogP contribution in [0.4, 0.5) is 0 Å². The van der Waals surface area contributed by atoms with E-state index in [9.17, 15) is 14.4 Å². The van der Waals surface area contributed by atoms with Crippen LogP contribution in [0.3, 0.4) is 0 Å². The highest BCUT2D eigenvalue weighted by Gasteiger charge is 2.34. The fourth-order valence-corrected chi connectivity index (χ4v) is 1.36. The Hall–Kier alpha value is -1.63. The first-order chi connectivity index (χ1) is 7.54. The summed E-state index contributed by atoms with van der Waals surface area (Å²) in [6.45, 7) is -0.243. The number of rotatable bonds is 4. The molecular formula is C9H13NO6. The molecule has 0 aromatic heterocycles. The van der Waals surface area contributed by atoms with Crippen molar-refractivity contribution in [2.45, 2.75) is 25.0 Å². The van der Waals surface area contributed by atoms with Gasteiger partial charge in [-0.25, -0.2) is 4.79 Å². The van der Waals surface area contributed by atoms with Crippen molar-refractivity contribution in [1.82, 2.24) is 5.32 Å². The Morgan fingerprint density at radius 1 is 1.38 bits per heavy atom. The van der Waals surface area contributed by atoms with E-state index in [0.29, 0.717) is 12.8 Å². The number of methoxy groups -OCH3 is 1. The molecule has 16 heavy (non-hydrogen) atoms. The minimum absolute atomic E-state index is 0.243. The van der Waals surface area contributed by atoms with Crippen molar-refractivity contribution in [2.24, 2.45) is 0 Å². The molecule has 1 heterocycles. The van der Waals surface area contributed by atoms with E-state index in [-0.39, 0.29) is 6.54 Å². The molecule has 1 rings (SSSR count). The quantitative estimate of drug-likeness (QED) is 0.596. The van der Waals surface area contributed by atoms with Gasteiger partial charge in [0.15, 0.2) is 6.10 Å². The SMILES string of the molecule is COC(=O)CNC(=O)[C@@H]1CC[C@H](C(=O)O)O1. The highest BCUT2D eigenvalue weighted by atomic mass is 16.5. The molecule has 2 N–H and O–H groups in total. The van der Waals surface area contributed by atoms with Gasteiger partial charge in [0.1, 0.15) is 12.6 Å². The Bertz CT molecular complexity index is 302. The molecule has 0 aliphatic carbocycles. The van der Waals surface area contributed by atoms with Crippen LogP contribution >= 0.6 is 0 Å². The fourth-order valence-electron chi connectivity index (χ4n) is 1.36. The lowest BCUT2D eigenvalue weighted by atomic mass is 10.2. The summed E-state index contributed by atoms with van der Waals surface area (Å²) >= 11 is 0. The van der Waals surface area contributed by atoms with Crippen LogP contribution in [0.15, 0.2) is 0 Å². The lowest BCUT2D eigenvalue weighted by molar-refractivity contribution is -0.152. The Labute approximate surface area is 91.7 Å². The van der Waals surface area contributed by atoms with Gasteiger partial charge in [-0.1, -0.05) is 0 Å². The van der Waals surface area contributed by atoms with E-state index in [1.165, 1.54) is 7.11 Å². The molecule has 0 unspecified atom stereocenters. The van der Waals surface area contributed by atoms with Crippen LogP contribution in [-0.2, 0) is 23.9 Å². The number of amides is 1. The number of nitrogens with one attached hydrogen (secondary N) is 1. The van der Waals surface area contributed by atoms with Crippen molar-refractivity contribution >= 4 is 17.8 Å². The molecule has 0 radical (unpaired) electrons. The van der Waals surface area contributed by atoms with Crippen molar-refractivity contribution in [1.29, 1.82) is 0 Å². The summed E-state index contributed by atoms with van der Waals surface area (Å²) in [5.74, 6) is -2.14. The van der Waals surface area contributed by atoms with Crippen LogP contribution in [-0.4, -0.2) is 48.8 Å². The normalized spacial score (nSPS) is 23.8. The van der Waals surface area contributed by atoms with Gasteiger partial charge in [0.25, 0.3) is 0 Å². The zero-order valence-corrected chi connectivity index (χ0v) is 8.76. The first kappa shape index (κ1) is 12.4. The maximum Gasteiger partial charge on any atom is 0.332 e. The van der Waals surface area contributed by atoms with Gasteiger partial charge >= 0.3 is 11.9 Å². The minimum atomic E-state index is -1.08. The number of ether oxygens (including phenoxy) is 2. The lowest BCUT2D eigenvalue weighted by Crippen LogP contribution is -2.38. The third-order valence-corrected chi connectivity index (χ3v) is 2.22. The molecule has 0 bridgehead atoms. The Morgan fingerprint density at radius 3 is 2.50 bits per heavy atom. The van der Waals surface area contributed by atoms with Crippen molar-refractivity contribution in [3.8, 4) is 0 Å². The van der Waals surface area contributed by atoms with Gasteiger partial charge in [0.2, 0.25) is 5.91 Å². The number of esters is 1. The molecule has 7 heteroatoms. The molecule has 0 saturated carbocycles. The van der Waals surface area contributed by atoms with Gasteiger partial charge in [-0.3, -0.25) is 9.59 Å². The highest BCUT2D eigenvalue weighted by Crippen LogP contribution is 2.19. The first-order valence-electron chi connectivity index (χ1n) is 4.77. The van der Waals surface area contributed by atoms with Gasteiger partial charge in [-0.15, -0.1) is 0 Å². The molecule has 1 fully saturated rings. The first-order valence-corrected chi connectivity index (χ1v) is 4.77. The van der Waals surface area contributed by atoms with Gasteiger partial charge < -0.3 is 19.9 Å². The maximum absolute atomic E-state index is 11.4. The zero-order chi connectivity index (χ0) is 12.1. The molecule has 1 saturated heterocycles. The third-order valence-electron chi connectivity index (χ3n) is 2.22. The number of carboxylic acid groups (broad SMARTS) is 1. The minimum Gasteiger partial charge on any atom is -0.479 e. The maximum atomic E-state index is 11.4. The predicted molar refractivity (Wildman–Crippen MR) is 50.6 cm³/mol. The Morgan fingerprint density at radius 2 is 2.00 bits per heavy atom. The zero-order valence-electron chi connectivity index (χ0n) is 8.76. The molecule has 0 aromatic carbocycles. The standard InChI is InChI=1S/C9H13NO6/c1-15-7(11)4-10-8(12)5-2-3-6(16-5)9(13)14/h5-6H,2-4H2,1H3,(H,10,12)(H,13,14)/t5-,6+/m0/s1. The Kier molecular flexibility index (Phi) is 4.24. The third kappa shape index (κ3) is 3.20. The number of carbonyl (C=O) groups excluding carboxylic acids is 2. The van der Waals surface area contributed by atoms with E-state index < -0.39 is 30.1 Å². The summed E-state index contributed by atoms with van der Waals surface area (Å²) in [6.07, 6.45) is -1.10.